The fourth-order valence-electron chi connectivity index (χ4n) is 11.3. The lowest BCUT2D eigenvalue weighted by atomic mass is 9.65. The van der Waals surface area contributed by atoms with E-state index in [-0.39, 0.29) is 24.0 Å². The highest BCUT2D eigenvalue weighted by atomic mass is 32.1. The number of hydrogen-bond donors (Lipinski definition) is 3. The number of ether oxygens (including phenoxy) is 2. The topological polar surface area (TPSA) is 154 Å². The van der Waals surface area contributed by atoms with Crippen molar-refractivity contribution < 1.29 is 33.8 Å². The number of aliphatic hydroxyl groups excluding tert-OH is 1. The minimum absolute atomic E-state index is 0.0221. The Morgan fingerprint density at radius 1 is 0.803 bits per heavy atom. The Morgan fingerprint density at radius 3 is 2.20 bits per heavy atom. The molecule has 13 nitrogen and oxygen atoms in total. The molecule has 0 saturated carbocycles. The number of morpholine rings is 1. The van der Waals surface area contributed by atoms with Crippen molar-refractivity contribution >= 4 is 56.2 Å². The lowest BCUT2D eigenvalue weighted by Crippen LogP contribution is -2.55. The summed E-state index contributed by atoms with van der Waals surface area (Å²) in [5.41, 5.74) is 3.58. The van der Waals surface area contributed by atoms with Crippen LogP contribution in [-0.2, 0) is 31.1 Å². The van der Waals surface area contributed by atoms with Crippen LogP contribution in [0.2, 0.25) is 0 Å². The number of aromatic nitrogens is 1. The molecular formula is C62H54N6O7S. The van der Waals surface area contributed by atoms with E-state index < -0.39 is 65.4 Å². The van der Waals surface area contributed by atoms with Gasteiger partial charge in [-0.2, -0.15) is 0 Å². The molecule has 0 aliphatic carbocycles. The molecule has 7 aromatic carbocycles. The van der Waals surface area contributed by atoms with Crippen LogP contribution in [0.3, 0.4) is 0 Å². The Bertz CT molecular complexity index is 3460. The average Bonchev–Trinajstić information content (AvgIpc) is 4.28. The number of benzene rings is 7. The number of thiazole rings is 1. The molecule has 3 aliphatic heterocycles. The maximum absolute atomic E-state index is 16.9. The third-order valence-corrected chi connectivity index (χ3v) is 15.5. The van der Waals surface area contributed by atoms with Crippen LogP contribution in [0.5, 0.6) is 5.75 Å². The van der Waals surface area contributed by atoms with Crippen LogP contribution in [0.15, 0.2) is 188 Å². The Labute approximate surface area is 444 Å². The van der Waals surface area contributed by atoms with Gasteiger partial charge in [-0.25, -0.2) is 14.7 Å². The summed E-state index contributed by atoms with van der Waals surface area (Å²) in [4.78, 5) is 74.1. The number of anilines is 2. The molecule has 4 amide bonds. The first-order valence-corrected chi connectivity index (χ1v) is 26.1. The Balaban J connectivity index is 1.16. The van der Waals surface area contributed by atoms with Crippen molar-refractivity contribution in [1.82, 2.24) is 20.1 Å². The zero-order valence-electron chi connectivity index (χ0n) is 41.8. The van der Waals surface area contributed by atoms with Gasteiger partial charge in [0.1, 0.15) is 29.9 Å². The Kier molecular flexibility index (Phi) is 14.0. The van der Waals surface area contributed by atoms with Crippen molar-refractivity contribution in [3.8, 4) is 17.6 Å². The molecule has 0 bridgehead atoms. The van der Waals surface area contributed by atoms with E-state index >= 15 is 19.2 Å². The zero-order valence-corrected chi connectivity index (χ0v) is 42.6. The molecule has 0 unspecified atom stereocenters. The van der Waals surface area contributed by atoms with Crippen LogP contribution in [-0.4, -0.2) is 76.6 Å². The second kappa shape index (κ2) is 21.4. The lowest BCUT2D eigenvalue weighted by Gasteiger charge is -2.46. The Morgan fingerprint density at radius 2 is 1.47 bits per heavy atom. The summed E-state index contributed by atoms with van der Waals surface area (Å²) in [6.45, 7) is 2.62. The van der Waals surface area contributed by atoms with Gasteiger partial charge in [0, 0.05) is 12.1 Å². The van der Waals surface area contributed by atoms with Gasteiger partial charge in [0.05, 0.1) is 53.1 Å². The van der Waals surface area contributed by atoms with Crippen molar-refractivity contribution in [2.24, 2.45) is 5.92 Å². The number of urea groups is 1. The lowest BCUT2D eigenvalue weighted by molar-refractivity contribution is -0.177. The van der Waals surface area contributed by atoms with Gasteiger partial charge in [-0.15, -0.1) is 0 Å². The highest BCUT2D eigenvalue weighted by Crippen LogP contribution is 2.66. The number of esters is 1. The van der Waals surface area contributed by atoms with E-state index in [0.29, 0.717) is 46.6 Å². The van der Waals surface area contributed by atoms with Gasteiger partial charge in [0.25, 0.3) is 0 Å². The summed E-state index contributed by atoms with van der Waals surface area (Å²) >= 11 is 1.27. The number of nitrogens with one attached hydrogen (secondary N) is 2. The third kappa shape index (κ3) is 9.28. The van der Waals surface area contributed by atoms with Crippen molar-refractivity contribution in [2.45, 2.75) is 49.2 Å². The van der Waals surface area contributed by atoms with Crippen molar-refractivity contribution in [3.63, 3.8) is 0 Å². The maximum Gasteiger partial charge on any atom is 0.329 e. The van der Waals surface area contributed by atoms with Crippen molar-refractivity contribution in [1.29, 1.82) is 0 Å². The smallest absolute Gasteiger partial charge is 0.329 e. The second-order valence-electron chi connectivity index (χ2n) is 19.3. The highest BCUT2D eigenvalue weighted by molar-refractivity contribution is 7.22. The number of imide groups is 1. The van der Waals surface area contributed by atoms with E-state index in [2.05, 4.69) is 39.5 Å². The fourth-order valence-corrected chi connectivity index (χ4v) is 12.2. The van der Waals surface area contributed by atoms with E-state index in [0.717, 1.165) is 26.3 Å². The predicted octanol–water partition coefficient (Wildman–Crippen LogP) is 9.93. The highest BCUT2D eigenvalue weighted by Gasteiger charge is 2.75. The summed E-state index contributed by atoms with van der Waals surface area (Å²) in [5, 5.41) is 16.4. The summed E-state index contributed by atoms with van der Waals surface area (Å²) in [6.07, 6.45) is -0.932. The number of aliphatic hydroxyl groups is 1. The molecule has 3 N–H and O–H groups in total. The van der Waals surface area contributed by atoms with Gasteiger partial charge in [0.2, 0.25) is 11.8 Å². The van der Waals surface area contributed by atoms with Crippen LogP contribution >= 0.6 is 11.3 Å². The average molecular weight is 1030 g/mol. The maximum atomic E-state index is 16.9. The zero-order chi connectivity index (χ0) is 52.3. The van der Waals surface area contributed by atoms with Gasteiger partial charge >= 0.3 is 12.0 Å². The molecule has 11 rings (SSSR count). The summed E-state index contributed by atoms with van der Waals surface area (Å²) in [5.74, 6) is 3.36. The third-order valence-electron chi connectivity index (χ3n) is 14.5. The van der Waals surface area contributed by atoms with Gasteiger partial charge < -0.3 is 25.2 Å². The molecule has 76 heavy (non-hydrogen) atoms. The number of hydrogen-bond acceptors (Lipinski definition) is 11. The largest absolute Gasteiger partial charge is 0.491 e. The first-order valence-electron chi connectivity index (χ1n) is 25.3. The molecule has 8 aromatic rings. The van der Waals surface area contributed by atoms with E-state index in [1.807, 2.05) is 158 Å². The molecule has 3 aliphatic rings. The standard InChI is InChI=1S/C62H54N6O7S/c1-40(43-22-9-4-10-23-43)63-61(73)67-50-33-32-41(21-18-34-66(2)39-42-19-7-3-8-20-42)37-48(50)62(59(67)72)52(57(70)65-60-64-49-30-15-16-31-51(49)76-60)54-58(71)75-55(45-26-13-6-14-27-45)53(44-24-11-5-12-25-44)68(54)56(62)46-28-17-29-47(38-46)74-36-35-69/h3-17,19-20,22-33,37-38,40,52-56,69H,34-36,39H2,1-2H3,(H,63,73)(H,64,65,70)/t40-,52-,53-,54-,55+,56+,62-/m1/s1. The first kappa shape index (κ1) is 49.7. The molecule has 2 fully saturated rings. The van der Waals surface area contributed by atoms with Gasteiger partial charge in [-0.3, -0.25) is 24.2 Å². The van der Waals surface area contributed by atoms with Crippen LogP contribution in [0.1, 0.15) is 70.1 Å². The van der Waals surface area contributed by atoms with Crippen molar-refractivity contribution in [2.75, 3.05) is 37.0 Å². The predicted molar refractivity (Wildman–Crippen MR) is 292 cm³/mol. The summed E-state index contributed by atoms with van der Waals surface area (Å²) in [7, 11) is 1.99. The molecule has 7 atom stereocenters. The number of cyclic esters (lactones) is 1. The molecule has 1 aromatic heterocycles. The molecule has 0 radical (unpaired) electrons. The molecule has 2 saturated heterocycles. The molecule has 14 heteroatoms. The van der Waals surface area contributed by atoms with E-state index in [1.54, 1.807) is 36.4 Å². The number of carbonyl (C=O) groups excluding carboxylic acids is 4. The van der Waals surface area contributed by atoms with Gasteiger partial charge in [-0.05, 0) is 89.8 Å². The van der Waals surface area contributed by atoms with Crippen LogP contribution in [0, 0.1) is 17.8 Å². The van der Waals surface area contributed by atoms with Gasteiger partial charge in [-0.1, -0.05) is 169 Å². The quantitative estimate of drug-likeness (QED) is 0.0752. The minimum Gasteiger partial charge on any atom is -0.491 e. The first-order chi connectivity index (χ1) is 37.1. The molecule has 380 valence electrons. The molecule has 1 spiro atoms. The normalized spacial score (nSPS) is 21.1. The number of nitrogens with zero attached hydrogens (tertiary/aromatic N) is 4. The van der Waals surface area contributed by atoms with Crippen molar-refractivity contribution in [3.05, 3.63) is 227 Å². The fraction of sp³-hybridized carbons (Fsp3) is 0.210. The van der Waals surface area contributed by atoms with Crippen LogP contribution in [0.25, 0.3) is 10.2 Å². The number of para-hydroxylation sites is 1. The number of fused-ring (bicyclic) bond motifs is 4. The van der Waals surface area contributed by atoms with Crippen LogP contribution < -0.4 is 20.3 Å². The summed E-state index contributed by atoms with van der Waals surface area (Å²) in [6, 6.07) is 53.9. The number of carbonyl (C=O) groups is 4. The van der Waals surface area contributed by atoms with E-state index in [1.165, 1.54) is 11.3 Å². The van der Waals surface area contributed by atoms with E-state index in [4.69, 9.17) is 14.5 Å². The Hall–Kier alpha value is -8.45. The number of rotatable bonds is 13. The monoisotopic (exact) mass is 1030 g/mol. The van der Waals surface area contributed by atoms with Gasteiger partial charge in [0.15, 0.2) is 5.13 Å². The minimum atomic E-state index is -2.07. The van der Waals surface area contributed by atoms with E-state index in [9.17, 15) is 5.11 Å². The molecular weight excluding hydrogens is 973 g/mol. The number of amides is 4. The summed E-state index contributed by atoms with van der Waals surface area (Å²) < 4.78 is 13.6. The SMILES string of the molecule is C[C@@H](NC(=O)N1C(=O)[C@@]2(c3cc(C#CCN(C)Cc4ccccc4)ccc31)[C@H](c1cccc(OCCO)c1)N1[C@H](c3ccccc3)[C@H](c3ccccc3)OC(=O)[C@H]1[C@@H]2C(=O)Nc1nc2ccccc2s1)c1ccccc1. The molecule has 4 heterocycles. The second-order valence-corrected chi connectivity index (χ2v) is 20.3. The van der Waals surface area contributed by atoms with Crippen LogP contribution in [0.4, 0.5) is 15.6 Å².